The van der Waals surface area contributed by atoms with Crippen LogP contribution in [0.3, 0.4) is 0 Å². The Kier molecular flexibility index (Phi) is 11.8. The molecule has 1 unspecified atom stereocenters. The molecule has 0 aliphatic rings. The highest BCUT2D eigenvalue weighted by atomic mass is 16.5. The van der Waals surface area contributed by atoms with E-state index in [0.717, 1.165) is 56.3 Å². The van der Waals surface area contributed by atoms with E-state index in [0.29, 0.717) is 23.7 Å². The number of esters is 1. The molecule has 0 aliphatic carbocycles. The summed E-state index contributed by atoms with van der Waals surface area (Å²) in [5.74, 6) is 1.19. The number of methoxy groups -OCH3 is 2. The highest BCUT2D eigenvalue weighted by molar-refractivity contribution is 5.89. The summed E-state index contributed by atoms with van der Waals surface area (Å²) in [7, 11) is 5.33. The molecule has 0 aromatic heterocycles. The molecule has 6 nitrogen and oxygen atoms in total. The number of carbonyl (C=O) groups is 1. The number of ether oxygens (including phenoxy) is 3. The normalized spacial score (nSPS) is 12.8. The quantitative estimate of drug-likeness (QED) is 0.222. The molecule has 2 rings (SSSR count). The molecule has 0 amide bonds. The first-order valence-corrected chi connectivity index (χ1v) is 12.9. The summed E-state index contributed by atoms with van der Waals surface area (Å²) >= 11 is 0. The van der Waals surface area contributed by atoms with Gasteiger partial charge in [0.05, 0.1) is 37.9 Å². The summed E-state index contributed by atoms with van der Waals surface area (Å²) in [5, 5.41) is 10.3. The Balaban J connectivity index is 1.97. The van der Waals surface area contributed by atoms with Crippen LogP contribution in [0.1, 0.15) is 67.9 Å². The average molecular weight is 495 g/mol. The highest BCUT2D eigenvalue weighted by Gasteiger charge is 2.36. The number of nitrogens with zero attached hydrogens (tertiary/aromatic N) is 2. The Morgan fingerprint density at radius 3 is 2.44 bits per heavy atom. The lowest BCUT2D eigenvalue weighted by molar-refractivity contribution is 0.0499. The van der Waals surface area contributed by atoms with Crippen molar-refractivity contribution in [2.75, 3.05) is 41.0 Å². The topological polar surface area (TPSA) is 71.8 Å². The molecule has 0 aliphatic heterocycles. The average Bonchev–Trinajstić information content (AvgIpc) is 2.89. The van der Waals surface area contributed by atoms with Crippen LogP contribution in [0.2, 0.25) is 0 Å². The first-order chi connectivity index (χ1) is 17.3. The fraction of sp³-hybridized carbons (Fsp3) is 0.533. The van der Waals surface area contributed by atoms with E-state index in [2.05, 4.69) is 38.8 Å². The van der Waals surface area contributed by atoms with Crippen molar-refractivity contribution in [1.82, 2.24) is 4.90 Å². The van der Waals surface area contributed by atoms with Gasteiger partial charge < -0.3 is 19.1 Å². The summed E-state index contributed by atoms with van der Waals surface area (Å²) in [6.07, 6.45) is 4.36. The van der Waals surface area contributed by atoms with Gasteiger partial charge in [-0.05, 0) is 80.6 Å². The van der Waals surface area contributed by atoms with Crippen molar-refractivity contribution >= 4 is 5.97 Å². The van der Waals surface area contributed by atoms with Crippen molar-refractivity contribution in [3.8, 4) is 17.6 Å². The van der Waals surface area contributed by atoms with E-state index in [4.69, 9.17) is 14.2 Å². The summed E-state index contributed by atoms with van der Waals surface area (Å²) in [6, 6.07) is 16.1. The van der Waals surface area contributed by atoms with Gasteiger partial charge in [-0.15, -0.1) is 0 Å². The van der Waals surface area contributed by atoms with Crippen molar-refractivity contribution in [3.05, 3.63) is 59.2 Å². The van der Waals surface area contributed by atoms with Gasteiger partial charge in [-0.25, -0.2) is 4.79 Å². The number of likely N-dealkylation sites (N-methyl/N-ethyl adjacent to an activating group) is 1. The predicted octanol–water partition coefficient (Wildman–Crippen LogP) is 6.03. The van der Waals surface area contributed by atoms with Gasteiger partial charge in [0.15, 0.2) is 11.5 Å². The Hall–Kier alpha value is -3.04. The molecule has 2 aromatic carbocycles. The zero-order chi connectivity index (χ0) is 26.6. The van der Waals surface area contributed by atoms with Crippen LogP contribution >= 0.6 is 0 Å². The first kappa shape index (κ1) is 29.2. The minimum Gasteiger partial charge on any atom is -0.493 e. The molecule has 0 saturated heterocycles. The molecule has 196 valence electrons. The number of rotatable bonds is 15. The molecule has 1 atom stereocenters. The molecule has 36 heavy (non-hydrogen) atoms. The Bertz CT molecular complexity index is 1010. The molecule has 2 aromatic rings. The second-order valence-electron chi connectivity index (χ2n) is 9.65. The van der Waals surface area contributed by atoms with Crippen LogP contribution in [-0.4, -0.2) is 51.8 Å². The van der Waals surface area contributed by atoms with E-state index in [-0.39, 0.29) is 11.9 Å². The maximum atomic E-state index is 12.2. The Morgan fingerprint density at radius 1 is 1.06 bits per heavy atom. The third kappa shape index (κ3) is 7.73. The van der Waals surface area contributed by atoms with Gasteiger partial charge >= 0.3 is 5.97 Å². The van der Waals surface area contributed by atoms with Crippen LogP contribution in [0.25, 0.3) is 0 Å². The zero-order valence-electron chi connectivity index (χ0n) is 22.8. The van der Waals surface area contributed by atoms with E-state index in [9.17, 15) is 10.1 Å². The molecular formula is C30H42N2O4. The molecule has 0 spiro atoms. The number of hydrogen-bond donors (Lipinski definition) is 0. The standard InChI is InChI=1S/C30H42N2O4/c1-7-8-19-36-29(33)25-12-9-11-24(20-25)15-18-32(4)17-10-16-30(22-31,23(2)3)26-13-14-27(34-5)28(21-26)35-6/h9,11-14,20-21,23H,7-8,10,15-19H2,1-6H3. The third-order valence-corrected chi connectivity index (χ3v) is 6.87. The number of carbonyl (C=O) groups excluding carboxylic acids is 1. The number of benzene rings is 2. The van der Waals surface area contributed by atoms with Gasteiger partial charge in [-0.3, -0.25) is 0 Å². The van der Waals surface area contributed by atoms with Crippen molar-refractivity contribution in [3.63, 3.8) is 0 Å². The van der Waals surface area contributed by atoms with Crippen LogP contribution < -0.4 is 9.47 Å². The minimum atomic E-state index is -0.604. The summed E-state index contributed by atoms with van der Waals surface area (Å²) in [5.41, 5.74) is 2.08. The number of unbranched alkanes of at least 4 members (excludes halogenated alkanes) is 1. The molecule has 6 heteroatoms. The number of hydrogen-bond acceptors (Lipinski definition) is 6. The summed E-state index contributed by atoms with van der Waals surface area (Å²) in [6.45, 7) is 8.48. The van der Waals surface area contributed by atoms with Gasteiger partial charge in [0, 0.05) is 6.54 Å². The van der Waals surface area contributed by atoms with Gasteiger partial charge in [-0.2, -0.15) is 5.26 Å². The second kappa shape index (κ2) is 14.5. The fourth-order valence-electron chi connectivity index (χ4n) is 4.44. The summed E-state index contributed by atoms with van der Waals surface area (Å²) < 4.78 is 16.2. The first-order valence-electron chi connectivity index (χ1n) is 12.9. The van der Waals surface area contributed by atoms with Crippen LogP contribution in [0.5, 0.6) is 11.5 Å². The SMILES string of the molecule is CCCCOC(=O)c1cccc(CCN(C)CCCC(C#N)(c2ccc(OC)c(OC)c2)C(C)C)c1. The minimum absolute atomic E-state index is 0.144. The van der Waals surface area contributed by atoms with Gasteiger partial charge in [0.25, 0.3) is 0 Å². The van der Waals surface area contributed by atoms with Crippen LogP contribution in [0.4, 0.5) is 0 Å². The Morgan fingerprint density at radius 2 is 1.81 bits per heavy atom. The predicted molar refractivity (Wildman–Crippen MR) is 144 cm³/mol. The smallest absolute Gasteiger partial charge is 0.338 e. The van der Waals surface area contributed by atoms with Crippen molar-refractivity contribution in [2.45, 2.75) is 58.3 Å². The molecule has 0 N–H and O–H groups in total. The maximum absolute atomic E-state index is 12.2. The third-order valence-electron chi connectivity index (χ3n) is 6.87. The van der Waals surface area contributed by atoms with E-state index in [1.165, 1.54) is 0 Å². The maximum Gasteiger partial charge on any atom is 0.338 e. The molecule has 0 bridgehead atoms. The van der Waals surface area contributed by atoms with Crippen LogP contribution in [-0.2, 0) is 16.6 Å². The summed E-state index contributed by atoms with van der Waals surface area (Å²) in [4.78, 5) is 14.5. The van der Waals surface area contributed by atoms with E-state index >= 15 is 0 Å². The van der Waals surface area contributed by atoms with Crippen LogP contribution in [0, 0.1) is 17.2 Å². The van der Waals surface area contributed by atoms with E-state index in [1.807, 2.05) is 42.5 Å². The van der Waals surface area contributed by atoms with Crippen molar-refractivity contribution < 1.29 is 19.0 Å². The van der Waals surface area contributed by atoms with Gasteiger partial charge in [0.2, 0.25) is 0 Å². The van der Waals surface area contributed by atoms with Gasteiger partial charge in [-0.1, -0.05) is 45.4 Å². The van der Waals surface area contributed by atoms with Gasteiger partial charge in [0.1, 0.15) is 0 Å². The van der Waals surface area contributed by atoms with Crippen LogP contribution in [0.15, 0.2) is 42.5 Å². The fourth-order valence-corrected chi connectivity index (χ4v) is 4.44. The number of nitriles is 1. The Labute approximate surface area is 217 Å². The van der Waals surface area contributed by atoms with E-state index in [1.54, 1.807) is 14.2 Å². The molecule has 0 radical (unpaired) electrons. The molecule has 0 heterocycles. The second-order valence-corrected chi connectivity index (χ2v) is 9.65. The lowest BCUT2D eigenvalue weighted by Crippen LogP contribution is -2.32. The molecule has 0 saturated carbocycles. The lowest BCUT2D eigenvalue weighted by Gasteiger charge is -2.32. The molecular weight excluding hydrogens is 452 g/mol. The lowest BCUT2D eigenvalue weighted by atomic mass is 9.69. The van der Waals surface area contributed by atoms with E-state index < -0.39 is 5.41 Å². The zero-order valence-corrected chi connectivity index (χ0v) is 22.8. The van der Waals surface area contributed by atoms with Crippen molar-refractivity contribution in [2.24, 2.45) is 5.92 Å². The highest BCUT2D eigenvalue weighted by Crippen LogP contribution is 2.40. The van der Waals surface area contributed by atoms with Crippen molar-refractivity contribution in [1.29, 1.82) is 5.26 Å². The largest absolute Gasteiger partial charge is 0.493 e. The monoisotopic (exact) mass is 494 g/mol. The molecule has 0 fully saturated rings.